The van der Waals surface area contributed by atoms with Gasteiger partial charge in [0.15, 0.2) is 0 Å². The van der Waals surface area contributed by atoms with Crippen LogP contribution in [0, 0.1) is 0 Å². The van der Waals surface area contributed by atoms with Crippen molar-refractivity contribution in [2.24, 2.45) is 0 Å². The van der Waals surface area contributed by atoms with Gasteiger partial charge < -0.3 is 15.7 Å². The molecule has 0 aliphatic carbocycles. The zero-order valence-corrected chi connectivity index (χ0v) is 17.1. The summed E-state index contributed by atoms with van der Waals surface area (Å²) in [6, 6.07) is 16.3. The number of nitrogens with zero attached hydrogens (tertiary/aromatic N) is 1. The molecule has 3 rings (SSSR count). The third-order valence-corrected chi connectivity index (χ3v) is 5.59. The molecule has 0 aliphatic heterocycles. The van der Waals surface area contributed by atoms with Gasteiger partial charge in [0, 0.05) is 24.6 Å². The normalized spacial score (nSPS) is 11.0. The lowest BCUT2D eigenvalue weighted by molar-refractivity contribution is -0.135. The Morgan fingerprint density at radius 1 is 0.968 bits per heavy atom. The molecule has 0 spiro atoms. The number of rotatable bonds is 8. The number of carbonyl (C=O) groups is 2. The number of amides is 2. The predicted molar refractivity (Wildman–Crippen MR) is 115 cm³/mol. The number of aromatic nitrogens is 1. The van der Waals surface area contributed by atoms with Crippen LogP contribution in [0.3, 0.4) is 0 Å². The maximum Gasteiger partial charge on any atom is 0.319 e. The minimum Gasteiger partial charge on any atom is -0.480 e. The smallest absolute Gasteiger partial charge is 0.319 e. The van der Waals surface area contributed by atoms with Gasteiger partial charge in [-0.05, 0) is 47.0 Å². The van der Waals surface area contributed by atoms with E-state index in [0.29, 0.717) is 23.4 Å². The van der Waals surface area contributed by atoms with E-state index in [2.05, 4.69) is 15.6 Å². The van der Waals surface area contributed by atoms with Crippen molar-refractivity contribution in [3.63, 3.8) is 0 Å². The summed E-state index contributed by atoms with van der Waals surface area (Å²) in [4.78, 5) is 26.7. The Morgan fingerprint density at radius 3 is 2.42 bits per heavy atom. The second kappa shape index (κ2) is 9.83. The Kier molecular flexibility index (Phi) is 6.96. The summed E-state index contributed by atoms with van der Waals surface area (Å²) < 4.78 is 26.6. The highest BCUT2D eigenvalue weighted by Crippen LogP contribution is 2.25. The highest BCUT2D eigenvalue weighted by molar-refractivity contribution is 7.89. The van der Waals surface area contributed by atoms with Gasteiger partial charge in [-0.1, -0.05) is 30.3 Å². The van der Waals surface area contributed by atoms with Gasteiger partial charge in [-0.2, -0.15) is 4.72 Å². The van der Waals surface area contributed by atoms with Gasteiger partial charge in [0.05, 0.1) is 4.90 Å². The molecule has 1 heterocycles. The molecular weight excluding hydrogens is 420 g/mol. The predicted octanol–water partition coefficient (Wildman–Crippen LogP) is 2.43. The summed E-state index contributed by atoms with van der Waals surface area (Å²) in [7, 11) is -3.96. The number of carbonyl (C=O) groups excluding carboxylic acids is 1. The van der Waals surface area contributed by atoms with Crippen LogP contribution in [-0.2, 0) is 21.4 Å². The molecule has 1 aromatic heterocycles. The van der Waals surface area contributed by atoms with Gasteiger partial charge in [0.1, 0.15) is 6.54 Å². The zero-order chi connectivity index (χ0) is 22.3. The van der Waals surface area contributed by atoms with Gasteiger partial charge in [-0.3, -0.25) is 9.78 Å². The lowest BCUT2D eigenvalue weighted by Crippen LogP contribution is -2.29. The molecule has 0 fully saturated rings. The highest BCUT2D eigenvalue weighted by Gasteiger charge is 2.16. The SMILES string of the molecule is O=C(O)CNS(=O)(=O)c1cccc(-c2cccc(NC(=O)NCc3cccnc3)c2)c1. The number of carboxylic acid groups (broad SMARTS) is 1. The minimum absolute atomic E-state index is 0.0566. The Bertz CT molecular complexity index is 1180. The van der Waals surface area contributed by atoms with Crippen LogP contribution in [0.15, 0.2) is 78.0 Å². The van der Waals surface area contributed by atoms with E-state index in [1.165, 1.54) is 12.1 Å². The number of benzene rings is 2. The van der Waals surface area contributed by atoms with E-state index in [1.807, 2.05) is 10.8 Å². The molecule has 0 atom stereocenters. The third kappa shape index (κ3) is 6.36. The number of hydrogen-bond acceptors (Lipinski definition) is 5. The number of carboxylic acids is 1. The maximum absolute atomic E-state index is 12.3. The van der Waals surface area contributed by atoms with Crippen molar-refractivity contribution in [2.75, 3.05) is 11.9 Å². The van der Waals surface area contributed by atoms with Crippen LogP contribution in [0.5, 0.6) is 0 Å². The molecule has 3 aromatic rings. The zero-order valence-electron chi connectivity index (χ0n) is 16.3. The Hall–Kier alpha value is -3.76. The minimum atomic E-state index is -3.96. The molecule has 4 N–H and O–H groups in total. The number of anilines is 1. The molecule has 0 unspecified atom stereocenters. The van der Waals surface area contributed by atoms with Crippen molar-refractivity contribution in [3.05, 3.63) is 78.6 Å². The molecule has 10 heteroatoms. The summed E-state index contributed by atoms with van der Waals surface area (Å²) in [5, 5.41) is 14.2. The first kappa shape index (κ1) is 21.9. The molecule has 2 aromatic carbocycles. The van der Waals surface area contributed by atoms with Gasteiger partial charge in [0.25, 0.3) is 0 Å². The molecule has 0 aliphatic rings. The molecule has 31 heavy (non-hydrogen) atoms. The number of pyridine rings is 1. The van der Waals surface area contributed by atoms with Gasteiger partial charge in [-0.15, -0.1) is 0 Å². The average Bonchev–Trinajstić information content (AvgIpc) is 2.77. The van der Waals surface area contributed by atoms with Crippen molar-refractivity contribution in [3.8, 4) is 11.1 Å². The number of urea groups is 1. The van der Waals surface area contributed by atoms with E-state index in [0.717, 1.165) is 5.56 Å². The molecule has 160 valence electrons. The van der Waals surface area contributed by atoms with E-state index >= 15 is 0 Å². The van der Waals surface area contributed by atoms with Crippen molar-refractivity contribution in [2.45, 2.75) is 11.4 Å². The fourth-order valence-corrected chi connectivity index (χ4v) is 3.74. The summed E-state index contributed by atoms with van der Waals surface area (Å²) in [5.74, 6) is -1.28. The Labute approximate surface area is 179 Å². The first-order valence-electron chi connectivity index (χ1n) is 9.19. The third-order valence-electron chi connectivity index (χ3n) is 4.19. The number of aliphatic carboxylic acids is 1. The van der Waals surface area contributed by atoms with Crippen LogP contribution in [0.1, 0.15) is 5.56 Å². The largest absolute Gasteiger partial charge is 0.480 e. The monoisotopic (exact) mass is 440 g/mol. The van der Waals surface area contributed by atoms with Gasteiger partial charge in [-0.25, -0.2) is 13.2 Å². The molecule has 0 radical (unpaired) electrons. The summed E-state index contributed by atoms with van der Waals surface area (Å²) >= 11 is 0. The van der Waals surface area contributed by atoms with E-state index in [1.54, 1.807) is 54.9 Å². The van der Waals surface area contributed by atoms with Crippen molar-refractivity contribution < 1.29 is 23.1 Å². The van der Waals surface area contributed by atoms with Crippen molar-refractivity contribution >= 4 is 27.7 Å². The van der Waals surface area contributed by atoms with Crippen LogP contribution in [-0.4, -0.2) is 37.1 Å². The van der Waals surface area contributed by atoms with Crippen molar-refractivity contribution in [1.29, 1.82) is 0 Å². The summed E-state index contributed by atoms with van der Waals surface area (Å²) in [6.45, 7) is -0.386. The van der Waals surface area contributed by atoms with E-state index in [9.17, 15) is 18.0 Å². The molecular formula is C21H20N4O5S. The standard InChI is InChI=1S/C21H20N4O5S/c26-20(27)14-24-31(29,30)19-8-2-6-17(11-19)16-5-1-7-18(10-16)25-21(28)23-13-15-4-3-9-22-12-15/h1-12,24H,13-14H2,(H,26,27)(H2,23,25,28). The fraction of sp³-hybridized carbons (Fsp3) is 0.0952. The fourth-order valence-electron chi connectivity index (χ4n) is 2.72. The molecule has 9 nitrogen and oxygen atoms in total. The quantitative estimate of drug-likeness (QED) is 0.425. The first-order valence-corrected chi connectivity index (χ1v) is 10.7. The van der Waals surface area contributed by atoms with Crippen molar-refractivity contribution in [1.82, 2.24) is 15.0 Å². The van der Waals surface area contributed by atoms with Gasteiger partial charge in [0.2, 0.25) is 10.0 Å². The average molecular weight is 440 g/mol. The Morgan fingerprint density at radius 2 is 1.71 bits per heavy atom. The topological polar surface area (TPSA) is 137 Å². The Balaban J connectivity index is 1.71. The van der Waals surface area contributed by atoms with Crippen LogP contribution < -0.4 is 15.4 Å². The second-order valence-corrected chi connectivity index (χ2v) is 8.26. The number of nitrogens with one attached hydrogen (secondary N) is 3. The summed E-state index contributed by atoms with van der Waals surface area (Å²) in [6.07, 6.45) is 3.31. The molecule has 0 saturated heterocycles. The summed E-state index contributed by atoms with van der Waals surface area (Å²) in [5.41, 5.74) is 2.66. The number of sulfonamides is 1. The first-order chi connectivity index (χ1) is 14.8. The van der Waals surface area contributed by atoms with Crippen LogP contribution >= 0.6 is 0 Å². The van der Waals surface area contributed by atoms with E-state index in [4.69, 9.17) is 5.11 Å². The van der Waals surface area contributed by atoms with Crippen LogP contribution in [0.4, 0.5) is 10.5 Å². The lowest BCUT2D eigenvalue weighted by Gasteiger charge is -2.10. The van der Waals surface area contributed by atoms with Crippen LogP contribution in [0.25, 0.3) is 11.1 Å². The highest BCUT2D eigenvalue weighted by atomic mass is 32.2. The second-order valence-electron chi connectivity index (χ2n) is 6.50. The molecule has 0 bridgehead atoms. The number of hydrogen-bond donors (Lipinski definition) is 4. The van der Waals surface area contributed by atoms with Crippen LogP contribution in [0.2, 0.25) is 0 Å². The maximum atomic E-state index is 12.3. The molecule has 2 amide bonds. The van der Waals surface area contributed by atoms with E-state index < -0.39 is 28.6 Å². The molecule has 0 saturated carbocycles. The van der Waals surface area contributed by atoms with E-state index in [-0.39, 0.29) is 4.90 Å². The lowest BCUT2D eigenvalue weighted by atomic mass is 10.1. The van der Waals surface area contributed by atoms with Gasteiger partial charge >= 0.3 is 12.0 Å².